The van der Waals surface area contributed by atoms with E-state index in [4.69, 9.17) is 0 Å². The Morgan fingerprint density at radius 1 is 0.533 bits per heavy atom. The highest BCUT2D eigenvalue weighted by atomic mass is 14.7. The third kappa shape index (κ3) is 3.19. The molecule has 0 aliphatic rings. The maximum absolute atomic E-state index is 4.45. The van der Waals surface area contributed by atoms with Crippen LogP contribution in [0.25, 0.3) is 32.7 Å². The quantitative estimate of drug-likeness (QED) is 0.315. The summed E-state index contributed by atoms with van der Waals surface area (Å²) in [5, 5.41) is 4.77. The molecule has 0 radical (unpaired) electrons. The van der Waals surface area contributed by atoms with E-state index in [2.05, 4.69) is 71.7 Å². The van der Waals surface area contributed by atoms with Gasteiger partial charge in [-0.05, 0) is 69.1 Å². The van der Waals surface area contributed by atoms with Crippen molar-refractivity contribution in [2.45, 2.75) is 0 Å². The van der Waals surface area contributed by atoms with Crippen molar-refractivity contribution in [1.82, 2.24) is 9.97 Å². The summed E-state index contributed by atoms with van der Waals surface area (Å²) in [6.07, 6.45) is 3.60. The van der Waals surface area contributed by atoms with Gasteiger partial charge < -0.3 is 0 Å². The predicted octanol–water partition coefficient (Wildman–Crippen LogP) is 6.91. The molecular formula is C28H20N2. The van der Waals surface area contributed by atoms with E-state index < -0.39 is 0 Å². The van der Waals surface area contributed by atoms with Crippen molar-refractivity contribution in [2.24, 2.45) is 0 Å². The van der Waals surface area contributed by atoms with Crippen molar-refractivity contribution in [3.8, 4) is 0 Å². The molecule has 5 aromatic rings. The van der Waals surface area contributed by atoms with Gasteiger partial charge in [0.25, 0.3) is 0 Å². The van der Waals surface area contributed by atoms with Crippen molar-refractivity contribution in [3.05, 3.63) is 133 Å². The van der Waals surface area contributed by atoms with Crippen LogP contribution < -0.4 is 0 Å². The van der Waals surface area contributed by atoms with Crippen LogP contribution in [0.5, 0.6) is 0 Å². The molecule has 0 aliphatic heterocycles. The number of hydrogen-bond donors (Lipinski definition) is 0. The van der Waals surface area contributed by atoms with Crippen LogP contribution in [0.2, 0.25) is 0 Å². The van der Waals surface area contributed by atoms with Gasteiger partial charge in [-0.25, -0.2) is 0 Å². The number of nitrogens with zero attached hydrogens (tertiary/aromatic N) is 2. The maximum Gasteiger partial charge on any atom is 0.0702 e. The number of pyridine rings is 2. The molecule has 0 fully saturated rings. The van der Waals surface area contributed by atoms with Gasteiger partial charge in [0, 0.05) is 23.5 Å². The summed E-state index contributed by atoms with van der Waals surface area (Å²) >= 11 is 0. The van der Waals surface area contributed by atoms with E-state index in [1.54, 1.807) is 12.4 Å². The average Bonchev–Trinajstić information content (AvgIpc) is 2.83. The topological polar surface area (TPSA) is 25.8 Å². The normalized spacial score (nSPS) is 10.9. The summed E-state index contributed by atoms with van der Waals surface area (Å²) in [5.74, 6) is 0. The average molecular weight is 384 g/mol. The molecule has 2 nitrogen and oxygen atoms in total. The first-order valence-electron chi connectivity index (χ1n) is 9.88. The Balaban J connectivity index is 1.66. The zero-order chi connectivity index (χ0) is 20.5. The zero-order valence-corrected chi connectivity index (χ0v) is 16.5. The third-order valence-electron chi connectivity index (χ3n) is 5.48. The first-order valence-corrected chi connectivity index (χ1v) is 9.88. The largest absolute Gasteiger partial charge is 0.256 e. The van der Waals surface area contributed by atoms with Gasteiger partial charge in [-0.1, -0.05) is 61.7 Å². The van der Waals surface area contributed by atoms with Crippen LogP contribution >= 0.6 is 0 Å². The minimum atomic E-state index is 0.890. The van der Waals surface area contributed by atoms with Gasteiger partial charge in [0.15, 0.2) is 0 Å². The predicted molar refractivity (Wildman–Crippen MR) is 126 cm³/mol. The van der Waals surface area contributed by atoms with E-state index in [0.717, 1.165) is 33.7 Å². The van der Waals surface area contributed by atoms with Crippen molar-refractivity contribution >= 4 is 32.7 Å². The van der Waals surface area contributed by atoms with Gasteiger partial charge in [-0.2, -0.15) is 0 Å². The lowest BCUT2D eigenvalue weighted by Gasteiger charge is -2.11. The molecule has 0 N–H and O–H groups in total. The highest BCUT2D eigenvalue weighted by Crippen LogP contribution is 2.32. The number of fused-ring (bicyclic) bond motifs is 3. The van der Waals surface area contributed by atoms with Gasteiger partial charge in [0.05, 0.1) is 11.4 Å². The molecule has 0 atom stereocenters. The summed E-state index contributed by atoms with van der Waals surface area (Å²) in [6, 6.07) is 29.1. The fourth-order valence-corrected chi connectivity index (χ4v) is 3.80. The summed E-state index contributed by atoms with van der Waals surface area (Å²) in [5.41, 5.74) is 5.76. The molecule has 0 saturated carbocycles. The Hall–Kier alpha value is -4.04. The van der Waals surface area contributed by atoms with Crippen LogP contribution in [0, 0.1) is 0 Å². The van der Waals surface area contributed by atoms with E-state index in [-0.39, 0.29) is 0 Å². The first kappa shape index (κ1) is 18.0. The number of benzene rings is 3. The SMILES string of the molecule is C=C(c1ccc2ccc3ccc(C(=C)c4ccccn4)cc3c2c1)c1ccccn1. The molecule has 2 heterocycles. The van der Waals surface area contributed by atoms with Crippen LogP contribution in [0.3, 0.4) is 0 Å². The second kappa shape index (κ2) is 7.41. The van der Waals surface area contributed by atoms with Gasteiger partial charge >= 0.3 is 0 Å². The van der Waals surface area contributed by atoms with Crippen LogP contribution in [-0.4, -0.2) is 9.97 Å². The summed E-state index contributed by atoms with van der Waals surface area (Å²) in [7, 11) is 0. The molecule has 0 spiro atoms. The standard InChI is InChI=1S/C28H20N2/c1-19(27-7-3-5-15-29-27)23-13-11-21-9-10-22-12-14-24(18-26(22)25(21)17-23)20(2)28-8-4-6-16-30-28/h3-18H,1-2H2. The Labute approximate surface area is 175 Å². The number of rotatable bonds is 4. The molecular weight excluding hydrogens is 364 g/mol. The van der Waals surface area contributed by atoms with Crippen LogP contribution in [0.4, 0.5) is 0 Å². The Bertz CT molecular complexity index is 1290. The van der Waals surface area contributed by atoms with E-state index in [1.807, 2.05) is 36.4 Å². The minimum absolute atomic E-state index is 0.890. The van der Waals surface area contributed by atoms with Crippen molar-refractivity contribution < 1.29 is 0 Å². The number of hydrogen-bond acceptors (Lipinski definition) is 2. The van der Waals surface area contributed by atoms with Crippen LogP contribution in [0.15, 0.2) is 110 Å². The molecule has 142 valence electrons. The molecule has 2 aromatic heterocycles. The first-order chi connectivity index (χ1) is 14.7. The van der Waals surface area contributed by atoms with Gasteiger partial charge in [-0.15, -0.1) is 0 Å². The fourth-order valence-electron chi connectivity index (χ4n) is 3.80. The van der Waals surface area contributed by atoms with Gasteiger partial charge in [-0.3, -0.25) is 9.97 Å². The Morgan fingerprint density at radius 2 is 0.967 bits per heavy atom. The van der Waals surface area contributed by atoms with E-state index >= 15 is 0 Å². The highest BCUT2D eigenvalue weighted by Gasteiger charge is 2.09. The van der Waals surface area contributed by atoms with Gasteiger partial charge in [0.1, 0.15) is 0 Å². The second-order valence-corrected chi connectivity index (χ2v) is 7.32. The summed E-state index contributed by atoms with van der Waals surface area (Å²) in [6.45, 7) is 8.57. The summed E-state index contributed by atoms with van der Waals surface area (Å²) < 4.78 is 0. The van der Waals surface area contributed by atoms with Crippen molar-refractivity contribution in [3.63, 3.8) is 0 Å². The lowest BCUT2D eigenvalue weighted by Crippen LogP contribution is -1.91. The molecule has 2 heteroatoms. The van der Waals surface area contributed by atoms with E-state index in [0.29, 0.717) is 0 Å². The number of aromatic nitrogens is 2. The summed E-state index contributed by atoms with van der Waals surface area (Å²) in [4.78, 5) is 8.90. The molecule has 0 bridgehead atoms. The van der Waals surface area contributed by atoms with E-state index in [1.165, 1.54) is 21.5 Å². The Kier molecular flexibility index (Phi) is 4.45. The molecule has 0 saturated heterocycles. The molecule has 0 unspecified atom stereocenters. The maximum atomic E-state index is 4.45. The molecule has 0 amide bonds. The third-order valence-corrected chi connectivity index (χ3v) is 5.48. The van der Waals surface area contributed by atoms with Crippen molar-refractivity contribution in [2.75, 3.05) is 0 Å². The van der Waals surface area contributed by atoms with E-state index in [9.17, 15) is 0 Å². The zero-order valence-electron chi connectivity index (χ0n) is 16.5. The lowest BCUT2D eigenvalue weighted by molar-refractivity contribution is 1.28. The molecule has 3 aromatic carbocycles. The van der Waals surface area contributed by atoms with Gasteiger partial charge in [0.2, 0.25) is 0 Å². The molecule has 30 heavy (non-hydrogen) atoms. The van der Waals surface area contributed by atoms with Crippen LogP contribution in [0.1, 0.15) is 22.5 Å². The fraction of sp³-hybridized carbons (Fsp3) is 0. The highest BCUT2D eigenvalue weighted by molar-refractivity contribution is 6.09. The van der Waals surface area contributed by atoms with Crippen LogP contribution in [-0.2, 0) is 0 Å². The minimum Gasteiger partial charge on any atom is -0.256 e. The lowest BCUT2D eigenvalue weighted by atomic mass is 9.94. The molecule has 0 aliphatic carbocycles. The van der Waals surface area contributed by atoms with Crippen molar-refractivity contribution in [1.29, 1.82) is 0 Å². The smallest absolute Gasteiger partial charge is 0.0702 e. The monoisotopic (exact) mass is 384 g/mol. The Morgan fingerprint density at radius 3 is 1.37 bits per heavy atom. The molecule has 5 rings (SSSR count). The second-order valence-electron chi connectivity index (χ2n) is 7.32.